The summed E-state index contributed by atoms with van der Waals surface area (Å²) < 4.78 is 9.94. The fourth-order valence-electron chi connectivity index (χ4n) is 1.97. The van der Waals surface area contributed by atoms with E-state index in [0.29, 0.717) is 12.5 Å². The molecule has 1 fully saturated rings. The fourth-order valence-corrected chi connectivity index (χ4v) is 2.60. The van der Waals surface area contributed by atoms with Crippen LogP contribution in [0.3, 0.4) is 0 Å². The zero-order chi connectivity index (χ0) is 13.6. The van der Waals surface area contributed by atoms with Crippen molar-refractivity contribution in [3.05, 3.63) is 41.7 Å². The average Bonchev–Trinajstić information content (AvgIpc) is 3.23. The molecule has 0 radical (unpaired) electrons. The smallest absolute Gasteiger partial charge is 0.293 e. The highest BCUT2D eigenvalue weighted by molar-refractivity contribution is 7.07. The SMILES string of the molecule is c1ccc(CNCCCOc2nc(C3CC3)ns2)cc1. The van der Waals surface area contributed by atoms with Crippen LogP contribution < -0.4 is 10.1 Å². The molecule has 0 saturated heterocycles. The monoisotopic (exact) mass is 289 g/mol. The minimum Gasteiger partial charge on any atom is -0.469 e. The minimum absolute atomic E-state index is 0.608. The van der Waals surface area contributed by atoms with Gasteiger partial charge in [-0.25, -0.2) is 0 Å². The first-order valence-corrected chi connectivity index (χ1v) is 7.90. The Morgan fingerprint density at radius 1 is 1.25 bits per heavy atom. The Hall–Kier alpha value is -1.46. The molecule has 5 heteroatoms. The van der Waals surface area contributed by atoms with Crippen LogP contribution in [0.2, 0.25) is 0 Å². The quantitative estimate of drug-likeness (QED) is 0.759. The molecule has 2 aromatic rings. The van der Waals surface area contributed by atoms with Crippen molar-refractivity contribution in [2.24, 2.45) is 0 Å². The summed E-state index contributed by atoms with van der Waals surface area (Å²) in [5.41, 5.74) is 1.31. The Morgan fingerprint density at radius 2 is 2.10 bits per heavy atom. The Labute approximate surface area is 123 Å². The molecular formula is C15H19N3OS. The van der Waals surface area contributed by atoms with E-state index in [1.165, 1.54) is 29.9 Å². The maximum atomic E-state index is 5.62. The molecule has 1 aromatic carbocycles. The second-order valence-electron chi connectivity index (χ2n) is 5.06. The van der Waals surface area contributed by atoms with Gasteiger partial charge < -0.3 is 10.1 Å². The summed E-state index contributed by atoms with van der Waals surface area (Å²) >= 11 is 1.37. The Kier molecular flexibility index (Phi) is 4.61. The summed E-state index contributed by atoms with van der Waals surface area (Å²) in [5.74, 6) is 1.59. The van der Waals surface area contributed by atoms with Crippen molar-refractivity contribution in [2.45, 2.75) is 31.7 Å². The molecule has 0 amide bonds. The summed E-state index contributed by atoms with van der Waals surface area (Å²) in [5, 5.41) is 4.13. The van der Waals surface area contributed by atoms with Gasteiger partial charge >= 0.3 is 0 Å². The van der Waals surface area contributed by atoms with E-state index in [0.717, 1.165) is 30.5 Å². The zero-order valence-electron chi connectivity index (χ0n) is 11.4. The number of rotatable bonds is 8. The zero-order valence-corrected chi connectivity index (χ0v) is 12.2. The summed E-state index contributed by atoms with van der Waals surface area (Å²) in [4.78, 5) is 4.40. The molecule has 3 rings (SSSR count). The lowest BCUT2D eigenvalue weighted by Crippen LogP contribution is -2.16. The molecule has 1 N–H and O–H groups in total. The van der Waals surface area contributed by atoms with Crippen LogP contribution in [0.4, 0.5) is 0 Å². The first kappa shape index (κ1) is 13.5. The van der Waals surface area contributed by atoms with Gasteiger partial charge in [0, 0.05) is 24.0 Å². The number of aromatic nitrogens is 2. The minimum atomic E-state index is 0.608. The third kappa shape index (κ3) is 4.02. The Bertz CT molecular complexity index is 525. The summed E-state index contributed by atoms with van der Waals surface area (Å²) in [6.07, 6.45) is 3.45. The van der Waals surface area contributed by atoms with Gasteiger partial charge in [0.05, 0.1) is 6.61 Å². The van der Waals surface area contributed by atoms with E-state index in [4.69, 9.17) is 4.74 Å². The molecule has 20 heavy (non-hydrogen) atoms. The lowest BCUT2D eigenvalue weighted by Gasteiger charge is -2.05. The van der Waals surface area contributed by atoms with Crippen LogP contribution in [0.5, 0.6) is 5.19 Å². The predicted molar refractivity (Wildman–Crippen MR) is 80.1 cm³/mol. The van der Waals surface area contributed by atoms with E-state index in [1.54, 1.807) is 0 Å². The predicted octanol–water partition coefficient (Wildman–Crippen LogP) is 2.97. The van der Waals surface area contributed by atoms with Crippen LogP contribution in [0.1, 0.15) is 36.6 Å². The molecule has 1 aromatic heterocycles. The molecule has 1 aliphatic rings. The summed E-state index contributed by atoms with van der Waals surface area (Å²) in [7, 11) is 0. The van der Waals surface area contributed by atoms with E-state index in [9.17, 15) is 0 Å². The third-order valence-electron chi connectivity index (χ3n) is 3.26. The van der Waals surface area contributed by atoms with E-state index in [2.05, 4.69) is 38.9 Å². The highest BCUT2D eigenvalue weighted by Crippen LogP contribution is 2.39. The van der Waals surface area contributed by atoms with Crippen molar-refractivity contribution in [1.29, 1.82) is 0 Å². The molecule has 1 heterocycles. The first-order chi connectivity index (χ1) is 9.92. The highest BCUT2D eigenvalue weighted by atomic mass is 32.1. The molecule has 0 spiro atoms. The lowest BCUT2D eigenvalue weighted by atomic mass is 10.2. The van der Waals surface area contributed by atoms with Crippen LogP contribution >= 0.6 is 11.5 Å². The van der Waals surface area contributed by atoms with Crippen molar-refractivity contribution in [2.75, 3.05) is 13.2 Å². The van der Waals surface area contributed by atoms with Crippen molar-refractivity contribution < 1.29 is 4.74 Å². The standard InChI is InChI=1S/C15H19N3OS/c1-2-5-12(6-3-1)11-16-9-4-10-19-15-17-14(18-20-15)13-7-8-13/h1-3,5-6,13,16H,4,7-11H2. The van der Waals surface area contributed by atoms with Gasteiger partial charge in [-0.2, -0.15) is 9.36 Å². The molecular weight excluding hydrogens is 270 g/mol. The molecule has 106 valence electrons. The summed E-state index contributed by atoms with van der Waals surface area (Å²) in [6.45, 7) is 2.55. The third-order valence-corrected chi connectivity index (χ3v) is 3.90. The van der Waals surface area contributed by atoms with Crippen LogP contribution in [0.25, 0.3) is 0 Å². The molecule has 0 bridgehead atoms. The van der Waals surface area contributed by atoms with Crippen molar-refractivity contribution in [1.82, 2.24) is 14.7 Å². The first-order valence-electron chi connectivity index (χ1n) is 7.13. The van der Waals surface area contributed by atoms with E-state index >= 15 is 0 Å². The van der Waals surface area contributed by atoms with Crippen LogP contribution in [0, 0.1) is 0 Å². The van der Waals surface area contributed by atoms with Crippen LogP contribution in [-0.2, 0) is 6.54 Å². The second kappa shape index (κ2) is 6.81. The molecule has 4 nitrogen and oxygen atoms in total. The van der Waals surface area contributed by atoms with Gasteiger partial charge in [0.2, 0.25) is 0 Å². The molecule has 1 aliphatic carbocycles. The Balaban J connectivity index is 1.28. The normalized spacial score (nSPS) is 14.4. The van der Waals surface area contributed by atoms with Gasteiger partial charge in [-0.1, -0.05) is 30.3 Å². The van der Waals surface area contributed by atoms with E-state index < -0.39 is 0 Å². The highest BCUT2D eigenvalue weighted by Gasteiger charge is 2.28. The van der Waals surface area contributed by atoms with Gasteiger partial charge in [0.15, 0.2) is 0 Å². The number of benzene rings is 1. The largest absolute Gasteiger partial charge is 0.469 e. The lowest BCUT2D eigenvalue weighted by molar-refractivity contribution is 0.306. The molecule has 0 unspecified atom stereocenters. The summed E-state index contributed by atoms with van der Waals surface area (Å²) in [6, 6.07) is 10.4. The van der Waals surface area contributed by atoms with Crippen LogP contribution in [-0.4, -0.2) is 22.5 Å². The average molecular weight is 289 g/mol. The van der Waals surface area contributed by atoms with Gasteiger partial charge in [-0.05, 0) is 31.4 Å². The van der Waals surface area contributed by atoms with Crippen molar-refractivity contribution >= 4 is 11.5 Å². The topological polar surface area (TPSA) is 47.0 Å². The molecule has 0 atom stereocenters. The van der Waals surface area contributed by atoms with Gasteiger partial charge in [0.25, 0.3) is 5.19 Å². The number of hydrogen-bond donors (Lipinski definition) is 1. The van der Waals surface area contributed by atoms with Crippen LogP contribution in [0.15, 0.2) is 30.3 Å². The number of ether oxygens (including phenoxy) is 1. The Morgan fingerprint density at radius 3 is 2.90 bits per heavy atom. The number of nitrogens with one attached hydrogen (secondary N) is 1. The van der Waals surface area contributed by atoms with E-state index in [-0.39, 0.29) is 0 Å². The second-order valence-corrected chi connectivity index (χ2v) is 5.77. The van der Waals surface area contributed by atoms with Crippen molar-refractivity contribution in [3.8, 4) is 5.19 Å². The molecule has 0 aliphatic heterocycles. The van der Waals surface area contributed by atoms with Gasteiger partial charge in [0.1, 0.15) is 5.82 Å². The maximum absolute atomic E-state index is 5.62. The van der Waals surface area contributed by atoms with Gasteiger partial charge in [-0.3, -0.25) is 0 Å². The molecule has 1 saturated carbocycles. The fraction of sp³-hybridized carbons (Fsp3) is 0.467. The van der Waals surface area contributed by atoms with E-state index in [1.807, 2.05) is 6.07 Å². The van der Waals surface area contributed by atoms with Crippen molar-refractivity contribution in [3.63, 3.8) is 0 Å². The number of hydrogen-bond acceptors (Lipinski definition) is 5. The number of nitrogens with zero attached hydrogens (tertiary/aromatic N) is 2. The maximum Gasteiger partial charge on any atom is 0.293 e. The van der Waals surface area contributed by atoms with Gasteiger partial charge in [-0.15, -0.1) is 0 Å².